The van der Waals surface area contributed by atoms with E-state index in [2.05, 4.69) is 18.2 Å². The molecule has 1 unspecified atom stereocenters. The van der Waals surface area contributed by atoms with Gasteiger partial charge < -0.3 is 10.5 Å². The first kappa shape index (κ1) is 13.1. The minimum Gasteiger partial charge on any atom is -0.468 e. The van der Waals surface area contributed by atoms with Gasteiger partial charge >= 0.3 is 5.97 Å². The molecule has 1 aromatic rings. The van der Waals surface area contributed by atoms with Crippen molar-refractivity contribution < 1.29 is 9.53 Å². The molecular formula is C15H21NO2. The number of rotatable bonds is 3. The lowest BCUT2D eigenvalue weighted by molar-refractivity contribution is -0.146. The van der Waals surface area contributed by atoms with E-state index in [4.69, 9.17) is 10.5 Å². The average molecular weight is 247 g/mol. The smallest absolute Gasteiger partial charge is 0.325 e. The summed E-state index contributed by atoms with van der Waals surface area (Å²) in [5.74, 6) is -0.361. The van der Waals surface area contributed by atoms with E-state index < -0.39 is 5.54 Å². The summed E-state index contributed by atoms with van der Waals surface area (Å²) in [6, 6.07) is 6.46. The lowest BCUT2D eigenvalue weighted by Crippen LogP contribution is -2.47. The van der Waals surface area contributed by atoms with Crippen LogP contribution in [0.25, 0.3) is 0 Å². The summed E-state index contributed by atoms with van der Waals surface area (Å²) in [5.41, 5.74) is 9.04. The standard InChI is InChI=1S/C15H21NO2/c1-15(16,14(17)18-2)10-11-7-8-12-5-3-4-6-13(12)9-11/h7-9H,3-6,10,16H2,1-2H3. The number of ether oxygens (including phenoxy) is 1. The number of fused-ring (bicyclic) bond motifs is 1. The van der Waals surface area contributed by atoms with Crippen molar-refractivity contribution >= 4 is 5.97 Å². The van der Waals surface area contributed by atoms with Crippen LogP contribution >= 0.6 is 0 Å². The highest BCUT2D eigenvalue weighted by Gasteiger charge is 2.29. The molecule has 0 bridgehead atoms. The molecule has 98 valence electrons. The van der Waals surface area contributed by atoms with Gasteiger partial charge in [-0.1, -0.05) is 18.2 Å². The monoisotopic (exact) mass is 247 g/mol. The second-order valence-corrected chi connectivity index (χ2v) is 5.40. The van der Waals surface area contributed by atoms with Crippen molar-refractivity contribution in [2.24, 2.45) is 5.73 Å². The SMILES string of the molecule is COC(=O)C(C)(N)Cc1ccc2c(c1)CCCC2. The third-order valence-corrected chi connectivity index (χ3v) is 3.64. The quantitative estimate of drug-likeness (QED) is 0.831. The minimum atomic E-state index is -0.947. The van der Waals surface area contributed by atoms with Crippen molar-refractivity contribution in [2.45, 2.75) is 44.6 Å². The Morgan fingerprint density at radius 3 is 2.67 bits per heavy atom. The molecule has 0 heterocycles. The lowest BCUT2D eigenvalue weighted by Gasteiger charge is -2.23. The van der Waals surface area contributed by atoms with Gasteiger partial charge in [-0.25, -0.2) is 0 Å². The zero-order valence-corrected chi connectivity index (χ0v) is 11.2. The van der Waals surface area contributed by atoms with Crippen LogP contribution in [0.5, 0.6) is 0 Å². The zero-order valence-electron chi connectivity index (χ0n) is 11.2. The van der Waals surface area contributed by atoms with Crippen molar-refractivity contribution in [3.8, 4) is 0 Å². The van der Waals surface area contributed by atoms with E-state index in [0.717, 1.165) is 12.0 Å². The Hall–Kier alpha value is -1.35. The second kappa shape index (κ2) is 5.11. The van der Waals surface area contributed by atoms with Crippen LogP contribution in [0.4, 0.5) is 0 Å². The van der Waals surface area contributed by atoms with E-state index in [1.165, 1.54) is 37.5 Å². The van der Waals surface area contributed by atoms with Gasteiger partial charge in [0.25, 0.3) is 0 Å². The molecule has 0 saturated heterocycles. The summed E-state index contributed by atoms with van der Waals surface area (Å²) in [5, 5.41) is 0. The van der Waals surface area contributed by atoms with Crippen LogP contribution in [0.2, 0.25) is 0 Å². The molecular weight excluding hydrogens is 226 g/mol. The van der Waals surface area contributed by atoms with Gasteiger partial charge in [0.2, 0.25) is 0 Å². The fourth-order valence-electron chi connectivity index (χ4n) is 2.63. The molecule has 0 spiro atoms. The van der Waals surface area contributed by atoms with Crippen molar-refractivity contribution in [1.29, 1.82) is 0 Å². The Balaban J connectivity index is 2.17. The highest BCUT2D eigenvalue weighted by molar-refractivity contribution is 5.80. The van der Waals surface area contributed by atoms with Crippen LogP contribution in [0, 0.1) is 0 Å². The molecule has 1 aliphatic carbocycles. The summed E-state index contributed by atoms with van der Waals surface area (Å²) in [7, 11) is 1.38. The Labute approximate surface area is 108 Å². The molecule has 3 nitrogen and oxygen atoms in total. The molecule has 1 aromatic carbocycles. The van der Waals surface area contributed by atoms with Crippen LogP contribution < -0.4 is 5.73 Å². The second-order valence-electron chi connectivity index (χ2n) is 5.40. The molecule has 18 heavy (non-hydrogen) atoms. The van der Waals surface area contributed by atoms with Crippen LogP contribution in [-0.4, -0.2) is 18.6 Å². The van der Waals surface area contributed by atoms with Gasteiger partial charge in [-0.3, -0.25) is 4.79 Å². The number of aryl methyl sites for hydroxylation is 2. The lowest BCUT2D eigenvalue weighted by atomic mass is 9.87. The van der Waals surface area contributed by atoms with Gasteiger partial charge in [-0.2, -0.15) is 0 Å². The van der Waals surface area contributed by atoms with E-state index in [1.807, 2.05) is 0 Å². The number of hydrogen-bond donors (Lipinski definition) is 1. The number of esters is 1. The van der Waals surface area contributed by atoms with Crippen LogP contribution in [-0.2, 0) is 28.8 Å². The summed E-state index contributed by atoms with van der Waals surface area (Å²) < 4.78 is 4.74. The molecule has 0 fully saturated rings. The summed E-state index contributed by atoms with van der Waals surface area (Å²) in [6.07, 6.45) is 5.37. The van der Waals surface area contributed by atoms with E-state index in [9.17, 15) is 4.79 Å². The van der Waals surface area contributed by atoms with Gasteiger partial charge in [0.05, 0.1) is 7.11 Å². The highest BCUT2D eigenvalue weighted by atomic mass is 16.5. The minimum absolute atomic E-state index is 0.361. The fourth-order valence-corrected chi connectivity index (χ4v) is 2.63. The molecule has 2 rings (SSSR count). The van der Waals surface area contributed by atoms with Gasteiger partial charge in [0, 0.05) is 6.42 Å². The Kier molecular flexibility index (Phi) is 3.71. The zero-order chi connectivity index (χ0) is 13.2. The fraction of sp³-hybridized carbons (Fsp3) is 0.533. The van der Waals surface area contributed by atoms with Gasteiger partial charge in [0.1, 0.15) is 5.54 Å². The Morgan fingerprint density at radius 1 is 1.33 bits per heavy atom. The van der Waals surface area contributed by atoms with Gasteiger partial charge in [0.15, 0.2) is 0 Å². The predicted octanol–water partition coefficient (Wildman–Crippen LogP) is 2.00. The van der Waals surface area contributed by atoms with Gasteiger partial charge in [-0.05, 0) is 49.3 Å². The molecule has 0 radical (unpaired) electrons. The number of carbonyl (C=O) groups is 1. The topological polar surface area (TPSA) is 52.3 Å². The predicted molar refractivity (Wildman–Crippen MR) is 71.4 cm³/mol. The van der Waals surface area contributed by atoms with Crippen molar-refractivity contribution in [3.05, 3.63) is 34.9 Å². The number of nitrogens with two attached hydrogens (primary N) is 1. The van der Waals surface area contributed by atoms with E-state index in [0.29, 0.717) is 6.42 Å². The van der Waals surface area contributed by atoms with E-state index in [-0.39, 0.29) is 5.97 Å². The molecule has 1 aliphatic rings. The van der Waals surface area contributed by atoms with Crippen LogP contribution in [0.15, 0.2) is 18.2 Å². The molecule has 1 atom stereocenters. The molecule has 0 aromatic heterocycles. The molecule has 0 saturated carbocycles. The largest absolute Gasteiger partial charge is 0.468 e. The van der Waals surface area contributed by atoms with Crippen LogP contribution in [0.1, 0.15) is 36.5 Å². The number of benzene rings is 1. The Bertz CT molecular complexity index is 452. The molecule has 2 N–H and O–H groups in total. The van der Waals surface area contributed by atoms with Crippen LogP contribution in [0.3, 0.4) is 0 Å². The normalized spacial score (nSPS) is 17.7. The highest BCUT2D eigenvalue weighted by Crippen LogP contribution is 2.23. The maximum absolute atomic E-state index is 11.6. The summed E-state index contributed by atoms with van der Waals surface area (Å²) >= 11 is 0. The van der Waals surface area contributed by atoms with E-state index >= 15 is 0 Å². The third-order valence-electron chi connectivity index (χ3n) is 3.64. The van der Waals surface area contributed by atoms with Crippen molar-refractivity contribution in [2.75, 3.05) is 7.11 Å². The first-order chi connectivity index (χ1) is 8.53. The number of methoxy groups -OCH3 is 1. The summed E-state index contributed by atoms with van der Waals surface area (Å²) in [4.78, 5) is 11.6. The Morgan fingerprint density at radius 2 is 2.00 bits per heavy atom. The third kappa shape index (κ3) is 2.72. The molecule has 3 heteroatoms. The summed E-state index contributed by atoms with van der Waals surface area (Å²) in [6.45, 7) is 1.72. The number of hydrogen-bond acceptors (Lipinski definition) is 3. The average Bonchev–Trinajstić information content (AvgIpc) is 2.37. The van der Waals surface area contributed by atoms with Gasteiger partial charge in [-0.15, -0.1) is 0 Å². The van der Waals surface area contributed by atoms with Crippen molar-refractivity contribution in [3.63, 3.8) is 0 Å². The molecule has 0 amide bonds. The van der Waals surface area contributed by atoms with E-state index in [1.54, 1.807) is 6.92 Å². The maximum atomic E-state index is 11.6. The maximum Gasteiger partial charge on any atom is 0.325 e. The first-order valence-corrected chi connectivity index (χ1v) is 6.51. The van der Waals surface area contributed by atoms with Crippen molar-refractivity contribution in [1.82, 2.24) is 0 Å². The number of carbonyl (C=O) groups excluding carboxylic acids is 1. The first-order valence-electron chi connectivity index (χ1n) is 6.51. The molecule has 0 aliphatic heterocycles.